The van der Waals surface area contributed by atoms with Crippen LogP contribution in [0.5, 0.6) is 0 Å². The van der Waals surface area contributed by atoms with Crippen LogP contribution in [0, 0.1) is 5.92 Å². The summed E-state index contributed by atoms with van der Waals surface area (Å²) in [6.07, 6.45) is 13.1. The van der Waals surface area contributed by atoms with E-state index in [1.807, 2.05) is 6.08 Å². The third-order valence-electron chi connectivity index (χ3n) is 2.81. The van der Waals surface area contributed by atoms with Crippen molar-refractivity contribution in [3.63, 3.8) is 0 Å². The number of aliphatic hydroxyl groups excluding tert-OH is 1. The van der Waals surface area contributed by atoms with Crippen molar-refractivity contribution in [1.29, 1.82) is 0 Å². The highest BCUT2D eigenvalue weighted by Crippen LogP contribution is 2.19. The van der Waals surface area contributed by atoms with Gasteiger partial charge in [0.15, 0.2) is 0 Å². The molecular formula is C13H26O. The summed E-state index contributed by atoms with van der Waals surface area (Å²) < 4.78 is 0. The highest BCUT2D eigenvalue weighted by atomic mass is 16.2. The van der Waals surface area contributed by atoms with Gasteiger partial charge in [-0.3, -0.25) is 0 Å². The predicted molar refractivity (Wildman–Crippen MR) is 63.4 cm³/mol. The summed E-state index contributed by atoms with van der Waals surface area (Å²) in [6.45, 7) is 4.73. The van der Waals surface area contributed by atoms with E-state index in [0.29, 0.717) is 0 Å². The van der Waals surface area contributed by atoms with E-state index in [-0.39, 0.29) is 6.61 Å². The molecule has 0 aromatic heterocycles. The van der Waals surface area contributed by atoms with E-state index in [2.05, 4.69) is 19.9 Å². The van der Waals surface area contributed by atoms with Crippen molar-refractivity contribution in [3.8, 4) is 0 Å². The number of hydrogen-bond donors (Lipinski definition) is 1. The van der Waals surface area contributed by atoms with E-state index in [1.54, 1.807) is 0 Å². The van der Waals surface area contributed by atoms with E-state index in [0.717, 1.165) is 12.3 Å². The minimum Gasteiger partial charge on any atom is -0.392 e. The molecule has 14 heavy (non-hydrogen) atoms. The molecule has 0 heterocycles. The molecule has 0 amide bonds. The quantitative estimate of drug-likeness (QED) is 0.440. The molecule has 1 atom stereocenters. The molecule has 0 aliphatic carbocycles. The van der Waals surface area contributed by atoms with Gasteiger partial charge in [-0.15, -0.1) is 0 Å². The Kier molecular flexibility index (Phi) is 10.5. The van der Waals surface area contributed by atoms with Gasteiger partial charge in [-0.05, 0) is 18.8 Å². The minimum absolute atomic E-state index is 0.187. The average Bonchev–Trinajstić information content (AvgIpc) is 2.22. The number of hydrogen-bond acceptors (Lipinski definition) is 1. The van der Waals surface area contributed by atoms with Crippen LogP contribution in [0.4, 0.5) is 0 Å². The van der Waals surface area contributed by atoms with Gasteiger partial charge in [0.25, 0.3) is 0 Å². The molecule has 0 aliphatic rings. The molecule has 0 radical (unpaired) electrons. The molecular weight excluding hydrogens is 172 g/mol. The highest BCUT2D eigenvalue weighted by molar-refractivity contribution is 4.81. The smallest absolute Gasteiger partial charge is 0.0612 e. The van der Waals surface area contributed by atoms with Gasteiger partial charge in [0, 0.05) is 0 Å². The molecule has 0 bridgehead atoms. The topological polar surface area (TPSA) is 20.2 Å². The molecule has 1 heteroatoms. The van der Waals surface area contributed by atoms with E-state index in [1.165, 1.54) is 38.5 Å². The minimum atomic E-state index is 0.187. The van der Waals surface area contributed by atoms with Crippen molar-refractivity contribution in [2.75, 3.05) is 6.61 Å². The molecule has 1 nitrogen and oxygen atoms in total. The number of allylic oxidation sites excluding steroid dienone is 1. The normalized spacial score (nSPS) is 13.6. The van der Waals surface area contributed by atoms with E-state index in [9.17, 15) is 0 Å². The molecule has 1 N–H and O–H groups in total. The second-order valence-corrected chi connectivity index (χ2v) is 4.00. The predicted octanol–water partition coefficient (Wildman–Crippen LogP) is 3.92. The van der Waals surface area contributed by atoms with E-state index < -0.39 is 0 Å². The molecule has 0 aromatic rings. The third-order valence-corrected chi connectivity index (χ3v) is 2.81. The average molecular weight is 198 g/mol. The Morgan fingerprint density at radius 3 is 2.43 bits per heavy atom. The largest absolute Gasteiger partial charge is 0.392 e. The zero-order valence-electron chi connectivity index (χ0n) is 9.84. The SMILES string of the molecule is CCCCCC(CC)CC/C=C/CO. The summed E-state index contributed by atoms with van der Waals surface area (Å²) in [5.74, 6) is 0.893. The molecule has 1 unspecified atom stereocenters. The van der Waals surface area contributed by atoms with Crippen LogP contribution in [0.1, 0.15) is 58.8 Å². The molecule has 0 saturated heterocycles. The molecule has 0 rings (SSSR count). The van der Waals surface area contributed by atoms with Gasteiger partial charge >= 0.3 is 0 Å². The maximum Gasteiger partial charge on any atom is 0.0612 e. The van der Waals surface area contributed by atoms with Gasteiger partial charge in [-0.1, -0.05) is 58.1 Å². The van der Waals surface area contributed by atoms with Crippen molar-refractivity contribution in [3.05, 3.63) is 12.2 Å². The van der Waals surface area contributed by atoms with E-state index in [4.69, 9.17) is 5.11 Å². The maximum absolute atomic E-state index is 8.58. The lowest BCUT2D eigenvalue weighted by molar-refractivity contribution is 0.342. The molecule has 0 fully saturated rings. The highest BCUT2D eigenvalue weighted by Gasteiger charge is 2.03. The fourth-order valence-electron chi connectivity index (χ4n) is 1.76. The first-order valence-corrected chi connectivity index (χ1v) is 6.11. The van der Waals surface area contributed by atoms with Crippen LogP contribution in [0.15, 0.2) is 12.2 Å². The van der Waals surface area contributed by atoms with Gasteiger partial charge in [0.1, 0.15) is 0 Å². The molecule has 0 aromatic carbocycles. The lowest BCUT2D eigenvalue weighted by Gasteiger charge is -2.12. The number of rotatable bonds is 9. The summed E-state index contributed by atoms with van der Waals surface area (Å²) in [5, 5.41) is 8.58. The summed E-state index contributed by atoms with van der Waals surface area (Å²) in [6, 6.07) is 0. The fraction of sp³-hybridized carbons (Fsp3) is 0.846. The Balaban J connectivity index is 3.42. The summed E-state index contributed by atoms with van der Waals surface area (Å²) >= 11 is 0. The van der Waals surface area contributed by atoms with Crippen LogP contribution in [-0.2, 0) is 0 Å². The Bertz CT molecular complexity index is 129. The standard InChI is InChI=1S/C13H26O/c1-3-5-7-10-13(4-2)11-8-6-9-12-14/h6,9,13-14H,3-5,7-8,10-12H2,1-2H3/b9-6+. The van der Waals surface area contributed by atoms with Gasteiger partial charge in [0.05, 0.1) is 6.61 Å². The monoisotopic (exact) mass is 198 g/mol. The first-order valence-electron chi connectivity index (χ1n) is 6.11. The van der Waals surface area contributed by atoms with Gasteiger partial charge < -0.3 is 5.11 Å². The van der Waals surface area contributed by atoms with Crippen LogP contribution in [0.3, 0.4) is 0 Å². The number of unbranched alkanes of at least 4 members (excludes halogenated alkanes) is 2. The van der Waals surface area contributed by atoms with Crippen LogP contribution >= 0.6 is 0 Å². The number of aliphatic hydroxyl groups is 1. The maximum atomic E-state index is 8.58. The molecule has 0 spiro atoms. The van der Waals surface area contributed by atoms with E-state index >= 15 is 0 Å². The van der Waals surface area contributed by atoms with Crippen molar-refractivity contribution in [2.45, 2.75) is 58.8 Å². The van der Waals surface area contributed by atoms with Gasteiger partial charge in [0.2, 0.25) is 0 Å². The third kappa shape index (κ3) is 8.31. The Morgan fingerprint density at radius 1 is 1.07 bits per heavy atom. The Labute approximate surface area is 89.2 Å². The first kappa shape index (κ1) is 13.7. The second-order valence-electron chi connectivity index (χ2n) is 4.00. The van der Waals surface area contributed by atoms with Crippen LogP contribution < -0.4 is 0 Å². The Hall–Kier alpha value is -0.300. The first-order chi connectivity index (χ1) is 6.85. The van der Waals surface area contributed by atoms with Crippen LogP contribution in [0.2, 0.25) is 0 Å². The molecule has 84 valence electrons. The second kappa shape index (κ2) is 10.8. The van der Waals surface area contributed by atoms with Crippen molar-refractivity contribution in [2.24, 2.45) is 5.92 Å². The van der Waals surface area contributed by atoms with Crippen molar-refractivity contribution in [1.82, 2.24) is 0 Å². The molecule has 0 saturated carbocycles. The van der Waals surface area contributed by atoms with Crippen LogP contribution in [-0.4, -0.2) is 11.7 Å². The van der Waals surface area contributed by atoms with Crippen molar-refractivity contribution < 1.29 is 5.11 Å². The molecule has 0 aliphatic heterocycles. The lowest BCUT2D eigenvalue weighted by Crippen LogP contribution is -1.98. The Morgan fingerprint density at radius 2 is 1.86 bits per heavy atom. The van der Waals surface area contributed by atoms with Gasteiger partial charge in [-0.2, -0.15) is 0 Å². The summed E-state index contributed by atoms with van der Waals surface area (Å²) in [7, 11) is 0. The summed E-state index contributed by atoms with van der Waals surface area (Å²) in [5.41, 5.74) is 0. The zero-order chi connectivity index (χ0) is 10.6. The van der Waals surface area contributed by atoms with Crippen LogP contribution in [0.25, 0.3) is 0 Å². The zero-order valence-corrected chi connectivity index (χ0v) is 9.84. The summed E-state index contributed by atoms with van der Waals surface area (Å²) in [4.78, 5) is 0. The lowest BCUT2D eigenvalue weighted by atomic mass is 9.94. The van der Waals surface area contributed by atoms with Gasteiger partial charge in [-0.25, -0.2) is 0 Å². The fourth-order valence-corrected chi connectivity index (χ4v) is 1.76. The van der Waals surface area contributed by atoms with Crippen molar-refractivity contribution >= 4 is 0 Å².